The number of hydrogen-bond acceptors (Lipinski definition) is 6. The number of anilines is 1. The Kier molecular flexibility index (Phi) is 4.18. The number of fused-ring (bicyclic) bond motifs is 2. The van der Waals surface area contributed by atoms with E-state index in [1.165, 1.54) is 24.1 Å². The predicted octanol–water partition coefficient (Wildman–Crippen LogP) is 4.97. The Morgan fingerprint density at radius 1 is 1.10 bits per heavy atom. The molecule has 2 aliphatic heterocycles. The molecular weight excluding hydrogens is 410 g/mol. The number of hydrogen-bond donors (Lipinski definition) is 0. The summed E-state index contributed by atoms with van der Waals surface area (Å²) in [4.78, 5) is 12.1. The van der Waals surface area contributed by atoms with Crippen LogP contribution < -0.4 is 4.90 Å². The maximum absolute atomic E-state index is 6.75. The summed E-state index contributed by atoms with van der Waals surface area (Å²) in [5.41, 5.74) is 7.38. The summed E-state index contributed by atoms with van der Waals surface area (Å²) in [6.07, 6.45) is 7.44. The first-order valence-electron chi connectivity index (χ1n) is 10.8. The van der Waals surface area contributed by atoms with Crippen molar-refractivity contribution in [3.63, 3.8) is 0 Å². The smallest absolute Gasteiger partial charge is 0.142 e. The number of nitrogens with zero attached hydrogens (tertiary/aromatic N) is 7. The molecule has 1 unspecified atom stereocenters. The minimum absolute atomic E-state index is 0.0472. The lowest BCUT2D eigenvalue weighted by Crippen LogP contribution is -2.33. The summed E-state index contributed by atoms with van der Waals surface area (Å²) in [6, 6.07) is 2.23. The van der Waals surface area contributed by atoms with Crippen LogP contribution in [-0.4, -0.2) is 26.3 Å². The summed E-state index contributed by atoms with van der Waals surface area (Å²) in [5.74, 6) is 2.48. The van der Waals surface area contributed by atoms with Crippen LogP contribution in [0.15, 0.2) is 51.0 Å². The Bertz CT molecular complexity index is 1230. The third kappa shape index (κ3) is 3.05. The first kappa shape index (κ1) is 18.9. The van der Waals surface area contributed by atoms with Crippen molar-refractivity contribution in [2.75, 3.05) is 11.4 Å². The van der Waals surface area contributed by atoms with Crippen molar-refractivity contribution in [3.05, 3.63) is 68.7 Å². The summed E-state index contributed by atoms with van der Waals surface area (Å²) in [6.45, 7) is 5.69. The van der Waals surface area contributed by atoms with Gasteiger partial charge in [-0.3, -0.25) is 4.68 Å². The van der Waals surface area contributed by atoms with Crippen LogP contribution in [0, 0.1) is 0 Å². The zero-order valence-corrected chi connectivity index (χ0v) is 18.7. The Morgan fingerprint density at radius 3 is 2.74 bits per heavy atom. The Labute approximate surface area is 186 Å². The van der Waals surface area contributed by atoms with Crippen molar-refractivity contribution < 1.29 is 0 Å². The van der Waals surface area contributed by atoms with Crippen LogP contribution in [0.25, 0.3) is 0 Å². The third-order valence-corrected chi connectivity index (χ3v) is 7.01. The van der Waals surface area contributed by atoms with E-state index in [1.807, 2.05) is 24.7 Å². The van der Waals surface area contributed by atoms with Crippen molar-refractivity contribution >= 4 is 17.4 Å². The van der Waals surface area contributed by atoms with Crippen LogP contribution in [0.1, 0.15) is 61.3 Å². The van der Waals surface area contributed by atoms with Crippen LogP contribution in [0.4, 0.5) is 5.82 Å². The van der Waals surface area contributed by atoms with Gasteiger partial charge in [-0.05, 0) is 32.8 Å². The van der Waals surface area contributed by atoms with E-state index in [0.717, 1.165) is 52.8 Å². The zero-order valence-electron chi connectivity index (χ0n) is 17.9. The van der Waals surface area contributed by atoms with Gasteiger partial charge in [0.25, 0.3) is 0 Å². The maximum atomic E-state index is 6.75. The van der Waals surface area contributed by atoms with Crippen LogP contribution in [-0.2, 0) is 20.0 Å². The average molecular weight is 434 g/mol. The second-order valence-corrected chi connectivity index (χ2v) is 9.25. The van der Waals surface area contributed by atoms with Gasteiger partial charge in [-0.2, -0.15) is 15.3 Å². The van der Waals surface area contributed by atoms with Gasteiger partial charge in [0.05, 0.1) is 28.7 Å². The largest absolute Gasteiger partial charge is 0.352 e. The molecule has 1 fully saturated rings. The Morgan fingerprint density at radius 2 is 1.94 bits per heavy atom. The van der Waals surface area contributed by atoms with E-state index in [9.17, 15) is 0 Å². The molecule has 31 heavy (non-hydrogen) atoms. The standard InChI is InChI=1S/C23H24ClN7/c1-12-4-7-17-21(13(2)27-28-17)20(12)23-25-16-8-9-31(11-15(16)22(24)26-23)19-10-18(14-5-6-14)29-30(19)3/h4,7,10,14,20H,5-6,8-9,11H2,1-3H3. The van der Waals surface area contributed by atoms with E-state index in [2.05, 4.69) is 34.2 Å². The van der Waals surface area contributed by atoms with Gasteiger partial charge >= 0.3 is 0 Å². The van der Waals surface area contributed by atoms with Crippen molar-refractivity contribution in [2.45, 2.75) is 51.5 Å². The lowest BCUT2D eigenvalue weighted by atomic mass is 9.84. The Hall–Kier alpha value is -2.80. The van der Waals surface area contributed by atoms with Gasteiger partial charge in [0.15, 0.2) is 0 Å². The summed E-state index contributed by atoms with van der Waals surface area (Å²) in [7, 11) is 2.02. The molecule has 2 aromatic heterocycles. The molecule has 2 aliphatic carbocycles. The van der Waals surface area contributed by atoms with E-state index < -0.39 is 0 Å². The maximum Gasteiger partial charge on any atom is 0.142 e. The highest BCUT2D eigenvalue weighted by Gasteiger charge is 2.34. The quantitative estimate of drug-likeness (QED) is 0.640. The average Bonchev–Trinajstić information content (AvgIpc) is 3.44. The molecule has 2 aromatic rings. The second-order valence-electron chi connectivity index (χ2n) is 8.89. The molecule has 7 nitrogen and oxygen atoms in total. The third-order valence-electron chi connectivity index (χ3n) is 6.70. The molecule has 0 bridgehead atoms. The highest BCUT2D eigenvalue weighted by atomic mass is 35.5. The molecule has 0 N–H and O–H groups in total. The fourth-order valence-corrected chi connectivity index (χ4v) is 5.09. The fraction of sp³-hybridized carbons (Fsp3) is 0.435. The van der Waals surface area contributed by atoms with Gasteiger partial charge in [-0.15, -0.1) is 0 Å². The molecule has 4 heterocycles. The van der Waals surface area contributed by atoms with Crippen LogP contribution >= 0.6 is 11.6 Å². The van der Waals surface area contributed by atoms with E-state index in [0.29, 0.717) is 17.6 Å². The molecule has 0 spiro atoms. The zero-order chi connectivity index (χ0) is 21.3. The molecule has 1 atom stereocenters. The fourth-order valence-electron chi connectivity index (χ4n) is 4.84. The van der Waals surface area contributed by atoms with Gasteiger partial charge in [0.1, 0.15) is 16.8 Å². The van der Waals surface area contributed by atoms with E-state index in [-0.39, 0.29) is 5.92 Å². The number of aryl methyl sites for hydroxylation is 1. The van der Waals surface area contributed by atoms with Gasteiger partial charge in [-0.25, -0.2) is 9.97 Å². The number of allylic oxidation sites excluding steroid dienone is 5. The lowest BCUT2D eigenvalue weighted by Gasteiger charge is -2.31. The SMILES string of the molecule is CC1=CC=C2N=NC(C)=C2C1c1nc(Cl)c2c(n1)CCN(c1cc(C3CC3)nn1C)C2. The number of halogens is 1. The van der Waals surface area contributed by atoms with E-state index in [4.69, 9.17) is 26.7 Å². The minimum Gasteiger partial charge on any atom is -0.352 e. The van der Waals surface area contributed by atoms with Gasteiger partial charge < -0.3 is 4.90 Å². The van der Waals surface area contributed by atoms with Gasteiger partial charge in [0.2, 0.25) is 0 Å². The molecule has 0 aromatic carbocycles. The van der Waals surface area contributed by atoms with Crippen LogP contribution in [0.2, 0.25) is 5.15 Å². The molecule has 158 valence electrons. The topological polar surface area (TPSA) is 71.6 Å². The van der Waals surface area contributed by atoms with Crippen molar-refractivity contribution in [3.8, 4) is 0 Å². The minimum atomic E-state index is -0.0472. The summed E-state index contributed by atoms with van der Waals surface area (Å²) >= 11 is 6.75. The predicted molar refractivity (Wildman–Crippen MR) is 119 cm³/mol. The molecule has 8 heteroatoms. The lowest BCUT2D eigenvalue weighted by molar-refractivity contribution is 0.646. The van der Waals surface area contributed by atoms with Crippen molar-refractivity contribution in [1.82, 2.24) is 19.7 Å². The van der Waals surface area contributed by atoms with E-state index in [1.54, 1.807) is 0 Å². The highest BCUT2D eigenvalue weighted by Crippen LogP contribution is 2.44. The van der Waals surface area contributed by atoms with Crippen molar-refractivity contribution in [1.29, 1.82) is 0 Å². The van der Waals surface area contributed by atoms with Gasteiger partial charge in [-0.1, -0.05) is 23.3 Å². The second kappa shape index (κ2) is 6.85. The molecule has 4 aliphatic rings. The molecular formula is C23H24ClN7. The molecule has 0 radical (unpaired) electrons. The number of aromatic nitrogens is 4. The molecule has 1 saturated carbocycles. The first-order valence-corrected chi connectivity index (χ1v) is 11.2. The van der Waals surface area contributed by atoms with Crippen LogP contribution in [0.3, 0.4) is 0 Å². The highest BCUT2D eigenvalue weighted by molar-refractivity contribution is 6.30. The number of azo groups is 1. The molecule has 0 saturated heterocycles. The molecule has 6 rings (SSSR count). The summed E-state index contributed by atoms with van der Waals surface area (Å²) < 4.78 is 1.99. The Balaban J connectivity index is 1.33. The number of rotatable bonds is 3. The van der Waals surface area contributed by atoms with Crippen LogP contribution in [0.5, 0.6) is 0 Å². The van der Waals surface area contributed by atoms with Crippen molar-refractivity contribution in [2.24, 2.45) is 17.3 Å². The normalized spacial score (nSPS) is 22.5. The monoisotopic (exact) mass is 433 g/mol. The summed E-state index contributed by atoms with van der Waals surface area (Å²) in [5, 5.41) is 13.8. The first-order chi connectivity index (χ1) is 15.0. The van der Waals surface area contributed by atoms with Gasteiger partial charge in [0, 0.05) is 49.7 Å². The molecule has 0 amide bonds. The van der Waals surface area contributed by atoms with E-state index >= 15 is 0 Å².